The van der Waals surface area contributed by atoms with Gasteiger partial charge in [0.2, 0.25) is 10.0 Å². The molecule has 1 aliphatic carbocycles. The second-order valence-corrected chi connectivity index (χ2v) is 14.2. The van der Waals surface area contributed by atoms with E-state index in [4.69, 9.17) is 9.88 Å². The zero-order chi connectivity index (χ0) is 30.7. The van der Waals surface area contributed by atoms with Gasteiger partial charge in [0.05, 0.1) is 30.2 Å². The van der Waals surface area contributed by atoms with Crippen LogP contribution in [0.2, 0.25) is 0 Å². The number of rotatable bonds is 11. The summed E-state index contributed by atoms with van der Waals surface area (Å²) in [5.74, 6) is 0.193. The zero-order valence-electron chi connectivity index (χ0n) is 26.1. The molecule has 1 aliphatic heterocycles. The van der Waals surface area contributed by atoms with Crippen LogP contribution in [-0.4, -0.2) is 95.0 Å². The molecule has 0 saturated heterocycles. The van der Waals surface area contributed by atoms with E-state index in [0.717, 1.165) is 31.7 Å². The fraction of sp³-hybridized carbons (Fsp3) is 0.545. The maximum Gasteiger partial charge on any atom is 0.337 e. The van der Waals surface area contributed by atoms with Crippen molar-refractivity contribution < 1.29 is 17.9 Å². The Hall–Kier alpha value is -2.92. The van der Waals surface area contributed by atoms with E-state index >= 15 is 0 Å². The molecule has 234 valence electrons. The van der Waals surface area contributed by atoms with E-state index in [9.17, 15) is 13.2 Å². The topological polar surface area (TPSA) is 101 Å². The molecule has 5 rings (SSSR count). The van der Waals surface area contributed by atoms with E-state index in [1.165, 1.54) is 67.1 Å². The number of carbonyl (C=O) groups is 1. The van der Waals surface area contributed by atoms with Crippen molar-refractivity contribution in [3.8, 4) is 11.3 Å². The minimum atomic E-state index is -3.43. The highest BCUT2D eigenvalue weighted by Gasteiger charge is 2.33. The molecule has 2 heterocycles. The van der Waals surface area contributed by atoms with Crippen LogP contribution in [0.1, 0.15) is 60.4 Å². The summed E-state index contributed by atoms with van der Waals surface area (Å²) in [6, 6.07) is 15.0. The molecule has 10 heteroatoms. The largest absolute Gasteiger partial charge is 0.465 e. The quantitative estimate of drug-likeness (QED) is 0.320. The van der Waals surface area contributed by atoms with Crippen LogP contribution >= 0.6 is 0 Å². The Labute approximate surface area is 256 Å². The monoisotopic (exact) mass is 609 g/mol. The summed E-state index contributed by atoms with van der Waals surface area (Å²) in [5.41, 5.74) is 6.89. The summed E-state index contributed by atoms with van der Waals surface area (Å²) >= 11 is 0. The van der Waals surface area contributed by atoms with Crippen molar-refractivity contribution in [3.05, 3.63) is 53.6 Å². The van der Waals surface area contributed by atoms with Crippen molar-refractivity contribution in [2.24, 2.45) is 5.14 Å². The number of nitrogens with zero attached hydrogens (tertiary/aromatic N) is 4. The number of benzene rings is 2. The first-order valence-corrected chi connectivity index (χ1v) is 17.2. The van der Waals surface area contributed by atoms with Gasteiger partial charge in [0.1, 0.15) is 0 Å². The molecule has 0 spiro atoms. The third kappa shape index (κ3) is 7.09. The number of aromatic nitrogens is 1. The molecular formula is C33H47N5O4S. The highest BCUT2D eigenvalue weighted by atomic mass is 32.2. The van der Waals surface area contributed by atoms with Crippen molar-refractivity contribution >= 4 is 32.6 Å². The lowest BCUT2D eigenvalue weighted by Gasteiger charge is -2.33. The molecule has 0 bridgehead atoms. The number of hydrogen-bond donors (Lipinski definition) is 1. The molecule has 9 nitrogen and oxygen atoms in total. The Kier molecular flexibility index (Phi) is 9.80. The van der Waals surface area contributed by atoms with Crippen LogP contribution in [0, 0.1) is 0 Å². The van der Waals surface area contributed by atoms with Gasteiger partial charge in [-0.3, -0.25) is 0 Å². The molecule has 1 unspecified atom stereocenters. The van der Waals surface area contributed by atoms with Gasteiger partial charge in [-0.25, -0.2) is 18.4 Å². The lowest BCUT2D eigenvalue weighted by Crippen LogP contribution is -2.44. The predicted molar refractivity (Wildman–Crippen MR) is 174 cm³/mol. The van der Waals surface area contributed by atoms with E-state index in [1.54, 1.807) is 0 Å². The van der Waals surface area contributed by atoms with Crippen LogP contribution in [0.4, 0.5) is 5.69 Å². The van der Waals surface area contributed by atoms with Crippen molar-refractivity contribution in [2.75, 3.05) is 65.1 Å². The number of fused-ring (bicyclic) bond motifs is 5. The number of esters is 1. The van der Waals surface area contributed by atoms with E-state index in [2.05, 4.69) is 63.7 Å². The molecule has 2 N–H and O–H groups in total. The first kappa shape index (κ1) is 31.5. The van der Waals surface area contributed by atoms with Crippen molar-refractivity contribution in [1.29, 1.82) is 0 Å². The number of methoxy groups -OCH3 is 1. The highest BCUT2D eigenvalue weighted by molar-refractivity contribution is 7.89. The van der Waals surface area contributed by atoms with Gasteiger partial charge in [-0.15, -0.1) is 0 Å². The van der Waals surface area contributed by atoms with Crippen molar-refractivity contribution in [3.63, 3.8) is 0 Å². The SMILES string of the molecule is COC(=O)c1ccc2c(C3CCCCC3)c3n(c2c1)CC(CN(C)CCN(C)CCCS(N)(=O)=O)N(C)c1ccccc1-3. The smallest absolute Gasteiger partial charge is 0.337 e. The minimum Gasteiger partial charge on any atom is -0.465 e. The fourth-order valence-electron chi connectivity index (χ4n) is 7.04. The summed E-state index contributed by atoms with van der Waals surface area (Å²) in [6.45, 7) is 4.02. The zero-order valence-corrected chi connectivity index (χ0v) is 26.9. The van der Waals surface area contributed by atoms with Gasteiger partial charge in [0.25, 0.3) is 0 Å². The minimum absolute atomic E-state index is 0.00710. The van der Waals surface area contributed by atoms with Crippen molar-refractivity contribution in [2.45, 2.75) is 57.0 Å². The summed E-state index contributed by atoms with van der Waals surface area (Å²) < 4.78 is 30.2. The van der Waals surface area contributed by atoms with Crippen molar-refractivity contribution in [1.82, 2.24) is 14.4 Å². The first-order chi connectivity index (χ1) is 20.6. The number of para-hydroxylation sites is 1. The lowest BCUT2D eigenvalue weighted by molar-refractivity contribution is 0.0601. The van der Waals surface area contributed by atoms with Crippen LogP contribution in [0.25, 0.3) is 22.2 Å². The summed E-state index contributed by atoms with van der Waals surface area (Å²) in [7, 11) is 4.38. The maximum atomic E-state index is 12.6. The summed E-state index contributed by atoms with van der Waals surface area (Å²) in [4.78, 5) is 19.6. The van der Waals surface area contributed by atoms with Crippen LogP contribution in [0.5, 0.6) is 0 Å². The normalized spacial score (nSPS) is 17.7. The Morgan fingerprint density at radius 2 is 1.74 bits per heavy atom. The Bertz CT molecular complexity index is 1550. The van der Waals surface area contributed by atoms with Gasteiger partial charge in [0.15, 0.2) is 0 Å². The lowest BCUT2D eigenvalue weighted by atomic mass is 9.81. The maximum absolute atomic E-state index is 12.6. The molecule has 43 heavy (non-hydrogen) atoms. The molecule has 1 aromatic heterocycles. The number of anilines is 1. The van der Waals surface area contributed by atoms with Gasteiger partial charge in [-0.05, 0) is 69.6 Å². The molecule has 2 aliphatic rings. The number of primary sulfonamides is 1. The van der Waals surface area contributed by atoms with Gasteiger partial charge in [-0.1, -0.05) is 43.5 Å². The average molecular weight is 610 g/mol. The van der Waals surface area contributed by atoms with Gasteiger partial charge in [0, 0.05) is 55.4 Å². The molecule has 1 atom stereocenters. The molecule has 0 radical (unpaired) electrons. The van der Waals surface area contributed by atoms with Crippen LogP contribution in [-0.2, 0) is 21.3 Å². The second kappa shape index (κ2) is 13.4. The van der Waals surface area contributed by atoms with Gasteiger partial charge >= 0.3 is 5.97 Å². The molecule has 1 fully saturated rings. The van der Waals surface area contributed by atoms with Crippen LogP contribution < -0.4 is 10.0 Å². The third-order valence-electron chi connectivity index (χ3n) is 9.37. The standard InChI is InChI=1S/C33H47N5O4S/c1-35(17-10-20-43(34,40)41)18-19-36(2)22-26-23-38-30-21-25(33(39)42-4)15-16-27(30)31(24-11-6-5-7-12-24)32(38)28-13-8-9-14-29(28)37(26)3/h8-9,13-16,21,24,26H,5-7,10-12,17-20,22-23H2,1-4H3,(H2,34,40,41). The molecular weight excluding hydrogens is 562 g/mol. The summed E-state index contributed by atoms with van der Waals surface area (Å²) in [5, 5.41) is 6.42. The van der Waals surface area contributed by atoms with E-state index < -0.39 is 10.0 Å². The number of carbonyl (C=O) groups excluding carboxylic acids is 1. The molecule has 0 amide bonds. The van der Waals surface area contributed by atoms with E-state index in [1.807, 2.05) is 19.2 Å². The fourth-order valence-corrected chi connectivity index (χ4v) is 7.57. The number of nitrogens with two attached hydrogens (primary N) is 1. The van der Waals surface area contributed by atoms with Crippen LogP contribution in [0.3, 0.4) is 0 Å². The second-order valence-electron chi connectivity index (χ2n) is 12.5. The number of likely N-dealkylation sites (N-methyl/N-ethyl adjacent to an activating group) is 3. The number of hydrogen-bond acceptors (Lipinski definition) is 7. The van der Waals surface area contributed by atoms with Gasteiger partial charge in [-0.2, -0.15) is 0 Å². The number of ether oxygens (including phenoxy) is 1. The highest BCUT2D eigenvalue weighted by Crippen LogP contribution is 2.47. The molecule has 2 aromatic carbocycles. The number of sulfonamides is 1. The molecule has 1 saturated carbocycles. The van der Waals surface area contributed by atoms with E-state index in [0.29, 0.717) is 24.4 Å². The Morgan fingerprint density at radius 3 is 2.47 bits per heavy atom. The summed E-state index contributed by atoms with van der Waals surface area (Å²) in [6.07, 6.45) is 6.72. The third-order valence-corrected chi connectivity index (χ3v) is 10.2. The van der Waals surface area contributed by atoms with E-state index in [-0.39, 0.29) is 17.8 Å². The Balaban J connectivity index is 1.48. The Morgan fingerprint density at radius 1 is 1.02 bits per heavy atom. The first-order valence-electron chi connectivity index (χ1n) is 15.5. The van der Waals surface area contributed by atoms with Gasteiger partial charge < -0.3 is 24.0 Å². The van der Waals surface area contributed by atoms with Crippen LogP contribution in [0.15, 0.2) is 42.5 Å². The predicted octanol–water partition coefficient (Wildman–Crippen LogP) is 4.50. The average Bonchev–Trinajstić information content (AvgIpc) is 3.25. The molecule has 3 aromatic rings.